The molecule has 0 unspecified atom stereocenters. The van der Waals surface area contributed by atoms with E-state index in [4.69, 9.17) is 0 Å². The number of aromatic nitrogens is 2. The summed E-state index contributed by atoms with van der Waals surface area (Å²) in [4.78, 5) is 6.94. The number of imidazole rings is 1. The van der Waals surface area contributed by atoms with Gasteiger partial charge in [0.25, 0.3) is 0 Å². The maximum atomic E-state index is 4.58. The van der Waals surface area contributed by atoms with Gasteiger partial charge in [-0.25, -0.2) is 4.98 Å². The summed E-state index contributed by atoms with van der Waals surface area (Å²) in [5.74, 6) is 0. The summed E-state index contributed by atoms with van der Waals surface area (Å²) in [6.07, 6.45) is 6.78. The van der Waals surface area contributed by atoms with E-state index in [1.807, 2.05) is 6.33 Å². The van der Waals surface area contributed by atoms with Crippen molar-refractivity contribution in [2.45, 2.75) is 38.1 Å². The predicted octanol–water partition coefficient (Wildman–Crippen LogP) is 3.61. The van der Waals surface area contributed by atoms with Crippen molar-refractivity contribution in [3.05, 3.63) is 36.3 Å². The van der Waals surface area contributed by atoms with E-state index in [0.717, 1.165) is 12.2 Å². The highest BCUT2D eigenvalue weighted by molar-refractivity contribution is 5.71. The zero-order valence-electron chi connectivity index (χ0n) is 12.4. The monoisotopic (exact) mass is 267 g/mol. The van der Waals surface area contributed by atoms with Gasteiger partial charge in [0.2, 0.25) is 0 Å². The van der Waals surface area contributed by atoms with Crippen LogP contribution in [-0.4, -0.2) is 23.1 Å². The Labute approximate surface area is 120 Å². The number of hydrogen-bond donors (Lipinski definition) is 0. The van der Waals surface area contributed by atoms with Crippen molar-refractivity contribution in [3.63, 3.8) is 0 Å². The molecule has 0 amide bonds. The van der Waals surface area contributed by atoms with E-state index in [-0.39, 0.29) is 5.41 Å². The van der Waals surface area contributed by atoms with Crippen LogP contribution in [0.25, 0.3) is 11.3 Å². The molecule has 2 aromatic rings. The molecule has 0 atom stereocenters. The number of hydrogen-bond acceptors (Lipinski definition) is 2. The Kier molecular flexibility index (Phi) is 2.33. The van der Waals surface area contributed by atoms with Gasteiger partial charge in [-0.2, -0.15) is 0 Å². The highest BCUT2D eigenvalue weighted by Crippen LogP contribution is 2.41. The molecular formula is C17H21N3. The Bertz CT molecular complexity index is 665. The van der Waals surface area contributed by atoms with Crippen molar-refractivity contribution in [3.8, 4) is 11.3 Å². The van der Waals surface area contributed by atoms with E-state index in [0.29, 0.717) is 6.04 Å². The first-order chi connectivity index (χ1) is 9.54. The van der Waals surface area contributed by atoms with Crippen LogP contribution in [0.2, 0.25) is 0 Å². The van der Waals surface area contributed by atoms with Gasteiger partial charge in [-0.1, -0.05) is 26.0 Å². The Hall–Kier alpha value is -1.77. The van der Waals surface area contributed by atoms with Crippen LogP contribution in [0.4, 0.5) is 5.69 Å². The van der Waals surface area contributed by atoms with Gasteiger partial charge in [0.15, 0.2) is 0 Å². The number of likely N-dealkylation sites (N-methyl/N-ethyl adjacent to an activating group) is 1. The van der Waals surface area contributed by atoms with Gasteiger partial charge in [-0.05, 0) is 24.5 Å². The molecule has 1 aliphatic carbocycles. The SMILES string of the molecule is CN1CC(C)(C)c2ccc(-c3cn(C4CC4)cn3)cc21. The topological polar surface area (TPSA) is 21.1 Å². The number of fused-ring (bicyclic) bond motifs is 1. The maximum absolute atomic E-state index is 4.58. The number of rotatable bonds is 2. The minimum atomic E-state index is 0.246. The number of nitrogens with zero attached hydrogens (tertiary/aromatic N) is 3. The minimum Gasteiger partial charge on any atom is -0.373 e. The average molecular weight is 267 g/mol. The van der Waals surface area contributed by atoms with Crippen molar-refractivity contribution in [1.29, 1.82) is 0 Å². The lowest BCUT2D eigenvalue weighted by atomic mass is 9.86. The Balaban J connectivity index is 1.74. The van der Waals surface area contributed by atoms with Crippen LogP contribution < -0.4 is 4.90 Å². The van der Waals surface area contributed by atoms with E-state index < -0.39 is 0 Å². The van der Waals surface area contributed by atoms with Gasteiger partial charge >= 0.3 is 0 Å². The highest BCUT2D eigenvalue weighted by Gasteiger charge is 2.33. The van der Waals surface area contributed by atoms with Gasteiger partial charge in [0.1, 0.15) is 0 Å². The van der Waals surface area contributed by atoms with Gasteiger partial charge in [-0.3, -0.25) is 0 Å². The summed E-state index contributed by atoms with van der Waals surface area (Å²) in [5.41, 5.74) is 5.38. The molecule has 1 aromatic carbocycles. The van der Waals surface area contributed by atoms with E-state index in [9.17, 15) is 0 Å². The Morgan fingerprint density at radius 2 is 2.05 bits per heavy atom. The zero-order valence-corrected chi connectivity index (χ0v) is 12.4. The standard InChI is InChI=1S/C17H21N3/c1-17(2)10-19(3)16-8-12(4-7-14(16)17)15-9-20(11-18-15)13-5-6-13/h4,7-9,11,13H,5-6,10H2,1-3H3. The largest absolute Gasteiger partial charge is 0.373 e. The number of anilines is 1. The average Bonchev–Trinajstić information content (AvgIpc) is 3.09. The number of benzene rings is 1. The molecule has 0 radical (unpaired) electrons. The van der Waals surface area contributed by atoms with Gasteiger partial charge in [0.05, 0.1) is 12.0 Å². The molecule has 1 fully saturated rings. The molecule has 2 aliphatic rings. The molecule has 1 aliphatic heterocycles. The van der Waals surface area contributed by atoms with Crippen molar-refractivity contribution < 1.29 is 0 Å². The quantitative estimate of drug-likeness (QED) is 0.828. The summed E-state index contributed by atoms with van der Waals surface area (Å²) < 4.78 is 2.26. The first kappa shape index (κ1) is 12.0. The van der Waals surface area contributed by atoms with Crippen molar-refractivity contribution in [2.24, 2.45) is 0 Å². The molecule has 0 N–H and O–H groups in total. The lowest BCUT2D eigenvalue weighted by Gasteiger charge is -2.18. The highest BCUT2D eigenvalue weighted by atomic mass is 15.1. The zero-order chi connectivity index (χ0) is 13.9. The molecule has 0 bridgehead atoms. The summed E-state index contributed by atoms with van der Waals surface area (Å²) >= 11 is 0. The lowest BCUT2D eigenvalue weighted by Crippen LogP contribution is -2.24. The van der Waals surface area contributed by atoms with Crippen LogP contribution in [0.1, 0.15) is 38.3 Å². The Morgan fingerprint density at radius 1 is 1.25 bits per heavy atom. The maximum Gasteiger partial charge on any atom is 0.0956 e. The smallest absolute Gasteiger partial charge is 0.0956 e. The molecule has 1 saturated carbocycles. The first-order valence-electron chi connectivity index (χ1n) is 7.44. The van der Waals surface area contributed by atoms with Crippen LogP contribution in [-0.2, 0) is 5.41 Å². The second-order valence-electron chi connectivity index (χ2n) is 6.91. The normalized spacial score (nSPS) is 20.2. The van der Waals surface area contributed by atoms with Crippen molar-refractivity contribution in [2.75, 3.05) is 18.5 Å². The van der Waals surface area contributed by atoms with Crippen molar-refractivity contribution in [1.82, 2.24) is 9.55 Å². The van der Waals surface area contributed by atoms with Crippen molar-refractivity contribution >= 4 is 5.69 Å². The summed E-state index contributed by atoms with van der Waals surface area (Å²) in [6, 6.07) is 7.50. The fourth-order valence-corrected chi connectivity index (χ4v) is 3.40. The fourth-order valence-electron chi connectivity index (χ4n) is 3.40. The first-order valence-corrected chi connectivity index (χ1v) is 7.44. The summed E-state index contributed by atoms with van der Waals surface area (Å²) in [5, 5.41) is 0. The van der Waals surface area contributed by atoms with Crippen LogP contribution in [0.3, 0.4) is 0 Å². The fraction of sp³-hybridized carbons (Fsp3) is 0.471. The molecule has 3 heteroatoms. The van der Waals surface area contributed by atoms with E-state index in [1.54, 1.807) is 0 Å². The summed E-state index contributed by atoms with van der Waals surface area (Å²) in [7, 11) is 2.18. The van der Waals surface area contributed by atoms with E-state index in [1.165, 1.54) is 29.7 Å². The van der Waals surface area contributed by atoms with Crippen LogP contribution in [0.15, 0.2) is 30.7 Å². The molecular weight excluding hydrogens is 246 g/mol. The second-order valence-corrected chi connectivity index (χ2v) is 6.91. The molecule has 104 valence electrons. The van der Waals surface area contributed by atoms with Gasteiger partial charge in [-0.15, -0.1) is 0 Å². The molecule has 0 saturated heterocycles. The van der Waals surface area contributed by atoms with Gasteiger partial charge in [0, 0.05) is 42.5 Å². The molecule has 0 spiro atoms. The Morgan fingerprint density at radius 3 is 2.80 bits per heavy atom. The van der Waals surface area contributed by atoms with E-state index >= 15 is 0 Å². The molecule has 4 rings (SSSR count). The summed E-state index contributed by atoms with van der Waals surface area (Å²) in [6.45, 7) is 5.72. The minimum absolute atomic E-state index is 0.246. The van der Waals surface area contributed by atoms with Crippen LogP contribution in [0, 0.1) is 0 Å². The lowest BCUT2D eigenvalue weighted by molar-refractivity contribution is 0.563. The third-order valence-electron chi connectivity index (χ3n) is 4.64. The van der Waals surface area contributed by atoms with E-state index in [2.05, 4.69) is 59.7 Å². The second kappa shape index (κ2) is 3.87. The molecule has 20 heavy (non-hydrogen) atoms. The molecule has 3 nitrogen and oxygen atoms in total. The third kappa shape index (κ3) is 1.76. The van der Waals surface area contributed by atoms with Crippen LogP contribution in [0.5, 0.6) is 0 Å². The van der Waals surface area contributed by atoms with Crippen LogP contribution >= 0.6 is 0 Å². The molecule has 2 heterocycles. The third-order valence-corrected chi connectivity index (χ3v) is 4.64. The predicted molar refractivity (Wildman–Crippen MR) is 82.2 cm³/mol. The molecule has 1 aromatic heterocycles. The van der Waals surface area contributed by atoms with Gasteiger partial charge < -0.3 is 9.47 Å².